The molecule has 1 atom stereocenters. The average Bonchev–Trinajstić information content (AvgIpc) is 2.98. The number of nitriles is 1. The molecule has 106 valence electrons. The summed E-state index contributed by atoms with van der Waals surface area (Å²) in [5, 5.41) is 11.8. The second-order valence-corrected chi connectivity index (χ2v) is 4.72. The molecule has 0 spiro atoms. The van der Waals surface area contributed by atoms with Gasteiger partial charge in [-0.05, 0) is 30.7 Å². The van der Waals surface area contributed by atoms with Crippen molar-refractivity contribution in [3.8, 4) is 11.8 Å². The van der Waals surface area contributed by atoms with E-state index in [0.717, 1.165) is 25.1 Å². The summed E-state index contributed by atoms with van der Waals surface area (Å²) in [4.78, 5) is 11.8. The van der Waals surface area contributed by atoms with Crippen LogP contribution in [0.5, 0.6) is 5.75 Å². The quantitative estimate of drug-likeness (QED) is 0.799. The maximum absolute atomic E-state index is 11.8. The molecular weight excluding hydrogens is 256 g/mol. The molecule has 1 aromatic carbocycles. The number of methoxy groups -OCH3 is 1. The van der Waals surface area contributed by atoms with E-state index in [1.54, 1.807) is 12.1 Å². The van der Waals surface area contributed by atoms with Gasteiger partial charge in [0.05, 0.1) is 37.9 Å². The van der Waals surface area contributed by atoms with Gasteiger partial charge in [0.1, 0.15) is 5.75 Å². The Kier molecular flexibility index (Phi) is 5.10. The Morgan fingerprint density at radius 3 is 3.05 bits per heavy atom. The molecule has 0 aromatic heterocycles. The van der Waals surface area contributed by atoms with Crippen LogP contribution in [0.15, 0.2) is 18.2 Å². The second kappa shape index (κ2) is 7.04. The van der Waals surface area contributed by atoms with Crippen molar-refractivity contribution in [1.29, 1.82) is 5.26 Å². The predicted molar refractivity (Wildman–Crippen MR) is 73.6 cm³/mol. The van der Waals surface area contributed by atoms with E-state index in [1.807, 2.05) is 12.1 Å². The molecular formula is C15H18N2O3. The van der Waals surface area contributed by atoms with E-state index in [9.17, 15) is 4.79 Å². The van der Waals surface area contributed by atoms with Crippen LogP contribution in [-0.4, -0.2) is 32.1 Å². The van der Waals surface area contributed by atoms with Crippen molar-refractivity contribution in [1.82, 2.24) is 5.32 Å². The first-order valence-corrected chi connectivity index (χ1v) is 6.64. The Balaban J connectivity index is 2.04. The number of rotatable bonds is 6. The first-order chi connectivity index (χ1) is 9.74. The number of benzene rings is 1. The van der Waals surface area contributed by atoms with Gasteiger partial charge < -0.3 is 14.8 Å². The van der Waals surface area contributed by atoms with Crippen LogP contribution in [0.1, 0.15) is 28.8 Å². The van der Waals surface area contributed by atoms with Gasteiger partial charge in [-0.25, -0.2) is 0 Å². The third-order valence-corrected chi connectivity index (χ3v) is 3.31. The maximum Gasteiger partial charge on any atom is 0.180 e. The lowest BCUT2D eigenvalue weighted by Gasteiger charge is -2.12. The van der Waals surface area contributed by atoms with Gasteiger partial charge in [-0.15, -0.1) is 0 Å². The molecule has 1 aromatic rings. The number of hydrogen-bond donors (Lipinski definition) is 1. The number of carbonyl (C=O) groups is 1. The smallest absolute Gasteiger partial charge is 0.180 e. The van der Waals surface area contributed by atoms with Crippen LogP contribution in [-0.2, 0) is 11.3 Å². The minimum absolute atomic E-state index is 0.139. The Bertz CT molecular complexity index is 516. The van der Waals surface area contributed by atoms with Crippen molar-refractivity contribution >= 4 is 5.78 Å². The lowest BCUT2D eigenvalue weighted by atomic mass is 10.1. The maximum atomic E-state index is 11.8. The van der Waals surface area contributed by atoms with Crippen molar-refractivity contribution in [2.75, 3.05) is 20.2 Å². The third-order valence-electron chi connectivity index (χ3n) is 3.31. The summed E-state index contributed by atoms with van der Waals surface area (Å²) < 4.78 is 11.0. The van der Waals surface area contributed by atoms with Crippen molar-refractivity contribution in [2.24, 2.45) is 0 Å². The first kappa shape index (κ1) is 14.5. The van der Waals surface area contributed by atoms with E-state index < -0.39 is 0 Å². The van der Waals surface area contributed by atoms with E-state index in [-0.39, 0.29) is 18.3 Å². The highest BCUT2D eigenvalue weighted by atomic mass is 16.5. The number of nitrogens with one attached hydrogen (secondary N) is 1. The fourth-order valence-corrected chi connectivity index (χ4v) is 2.21. The second-order valence-electron chi connectivity index (χ2n) is 4.72. The summed E-state index contributed by atoms with van der Waals surface area (Å²) in [5.74, 6) is 0.271. The minimum Gasteiger partial charge on any atom is -0.496 e. The van der Waals surface area contributed by atoms with E-state index in [4.69, 9.17) is 14.7 Å². The molecule has 0 radical (unpaired) electrons. The normalized spacial score (nSPS) is 17.7. The van der Waals surface area contributed by atoms with Gasteiger partial charge in [-0.1, -0.05) is 6.07 Å². The SMILES string of the molecule is COc1cc(CO[C@@H]2CCNC2)ccc1C(=O)CC#N. The number of ketones is 1. The molecule has 1 N–H and O–H groups in total. The molecule has 1 fully saturated rings. The molecule has 2 rings (SSSR count). The van der Waals surface area contributed by atoms with Crippen LogP contribution < -0.4 is 10.1 Å². The van der Waals surface area contributed by atoms with Crippen molar-refractivity contribution in [3.63, 3.8) is 0 Å². The number of carbonyl (C=O) groups excluding carboxylic acids is 1. The molecule has 5 heteroatoms. The minimum atomic E-state index is -0.225. The van der Waals surface area contributed by atoms with Gasteiger partial charge in [0.25, 0.3) is 0 Å². The number of ether oxygens (including phenoxy) is 2. The van der Waals surface area contributed by atoms with Crippen LogP contribution in [0, 0.1) is 11.3 Å². The standard InChI is InChI=1S/C15H18N2O3/c1-19-15-8-11(10-20-12-5-7-17-9-12)2-3-13(15)14(18)4-6-16/h2-3,8,12,17H,4-5,7,9-10H2,1H3/t12-/m1/s1. The molecule has 0 saturated carbocycles. The Labute approximate surface area is 118 Å². The zero-order valence-electron chi connectivity index (χ0n) is 11.5. The molecule has 1 aliphatic heterocycles. The Hall–Kier alpha value is -1.90. The fraction of sp³-hybridized carbons (Fsp3) is 0.467. The van der Waals surface area contributed by atoms with E-state index in [2.05, 4.69) is 5.32 Å². The van der Waals surface area contributed by atoms with Crippen LogP contribution >= 0.6 is 0 Å². The van der Waals surface area contributed by atoms with Gasteiger partial charge in [-0.3, -0.25) is 4.79 Å². The number of Topliss-reactive ketones (excluding diaryl/α,β-unsaturated/α-hetero) is 1. The monoisotopic (exact) mass is 274 g/mol. The molecule has 1 aliphatic rings. The lowest BCUT2D eigenvalue weighted by Crippen LogP contribution is -2.16. The molecule has 5 nitrogen and oxygen atoms in total. The third kappa shape index (κ3) is 3.56. The zero-order valence-corrected chi connectivity index (χ0v) is 11.5. The van der Waals surface area contributed by atoms with Gasteiger partial charge in [0.15, 0.2) is 5.78 Å². The van der Waals surface area contributed by atoms with E-state index >= 15 is 0 Å². The summed E-state index contributed by atoms with van der Waals surface area (Å²) in [7, 11) is 1.52. The highest BCUT2D eigenvalue weighted by Gasteiger charge is 2.16. The summed E-state index contributed by atoms with van der Waals surface area (Å²) in [6.07, 6.45) is 1.14. The molecule has 0 amide bonds. The summed E-state index contributed by atoms with van der Waals surface area (Å²) >= 11 is 0. The van der Waals surface area contributed by atoms with Gasteiger partial charge >= 0.3 is 0 Å². The van der Waals surface area contributed by atoms with Gasteiger partial charge in [-0.2, -0.15) is 5.26 Å². The molecule has 0 unspecified atom stereocenters. The van der Waals surface area contributed by atoms with Gasteiger partial charge in [0, 0.05) is 6.54 Å². The Morgan fingerprint density at radius 1 is 1.55 bits per heavy atom. The van der Waals surface area contributed by atoms with Crippen molar-refractivity contribution in [3.05, 3.63) is 29.3 Å². The summed E-state index contributed by atoms with van der Waals surface area (Å²) in [6, 6.07) is 7.20. The lowest BCUT2D eigenvalue weighted by molar-refractivity contribution is 0.0541. The van der Waals surface area contributed by atoms with Crippen molar-refractivity contribution in [2.45, 2.75) is 25.6 Å². The topological polar surface area (TPSA) is 71.3 Å². The van der Waals surface area contributed by atoms with Crippen LogP contribution in [0.4, 0.5) is 0 Å². The highest BCUT2D eigenvalue weighted by Crippen LogP contribution is 2.22. The van der Waals surface area contributed by atoms with Crippen LogP contribution in [0.3, 0.4) is 0 Å². The number of nitrogens with zero attached hydrogens (tertiary/aromatic N) is 1. The zero-order chi connectivity index (χ0) is 14.4. The fourth-order valence-electron chi connectivity index (χ4n) is 2.21. The molecule has 1 heterocycles. The first-order valence-electron chi connectivity index (χ1n) is 6.64. The van der Waals surface area contributed by atoms with Crippen molar-refractivity contribution < 1.29 is 14.3 Å². The van der Waals surface area contributed by atoms with E-state index in [0.29, 0.717) is 17.9 Å². The predicted octanol–water partition coefficient (Wildman–Crippen LogP) is 1.67. The largest absolute Gasteiger partial charge is 0.496 e. The van der Waals surface area contributed by atoms with Gasteiger partial charge in [0.2, 0.25) is 0 Å². The molecule has 0 bridgehead atoms. The van der Waals surface area contributed by atoms with Crippen LogP contribution in [0.25, 0.3) is 0 Å². The summed E-state index contributed by atoms with van der Waals surface area (Å²) in [6.45, 7) is 2.38. The molecule has 1 saturated heterocycles. The molecule has 20 heavy (non-hydrogen) atoms. The number of hydrogen-bond acceptors (Lipinski definition) is 5. The molecule has 0 aliphatic carbocycles. The van der Waals surface area contributed by atoms with Crippen LogP contribution in [0.2, 0.25) is 0 Å². The Morgan fingerprint density at radius 2 is 2.40 bits per heavy atom. The average molecular weight is 274 g/mol. The summed E-state index contributed by atoms with van der Waals surface area (Å²) in [5.41, 5.74) is 1.41. The highest BCUT2D eigenvalue weighted by molar-refractivity contribution is 5.99. The van der Waals surface area contributed by atoms with E-state index in [1.165, 1.54) is 7.11 Å².